The minimum absolute atomic E-state index is 0.0383. The fourth-order valence-electron chi connectivity index (χ4n) is 2.38. The monoisotopic (exact) mass is 299 g/mol. The molecule has 0 saturated heterocycles. The Balaban J connectivity index is 2.28. The maximum absolute atomic E-state index is 11.0. The quantitative estimate of drug-likeness (QED) is 0.893. The largest absolute Gasteiger partial charge is 0.493 e. The molecule has 1 aromatic rings. The van der Waals surface area contributed by atoms with Crippen LogP contribution in [0.4, 0.5) is 0 Å². The van der Waals surface area contributed by atoms with Crippen molar-refractivity contribution in [1.82, 2.24) is 0 Å². The highest BCUT2D eigenvalue weighted by atomic mass is 35.5. The van der Waals surface area contributed by atoms with Crippen molar-refractivity contribution in [3.05, 3.63) is 22.7 Å². The van der Waals surface area contributed by atoms with E-state index in [4.69, 9.17) is 31.9 Å². The van der Waals surface area contributed by atoms with Crippen LogP contribution in [0.1, 0.15) is 36.0 Å². The lowest BCUT2D eigenvalue weighted by Crippen LogP contribution is -2.41. The average Bonchev–Trinajstić information content (AvgIpc) is 2.42. The molecule has 0 amide bonds. The normalized spacial score (nSPS) is 22.4. The van der Waals surface area contributed by atoms with E-state index in [0.29, 0.717) is 11.5 Å². The molecule has 2 unspecified atom stereocenters. The van der Waals surface area contributed by atoms with Crippen molar-refractivity contribution in [3.63, 3.8) is 0 Å². The van der Waals surface area contributed by atoms with E-state index >= 15 is 0 Å². The predicted molar refractivity (Wildman–Crippen MR) is 75.8 cm³/mol. The number of rotatable bonds is 4. The number of hydrogen-bond donors (Lipinski definition) is 2. The van der Waals surface area contributed by atoms with Gasteiger partial charge in [0.1, 0.15) is 6.10 Å². The van der Waals surface area contributed by atoms with Gasteiger partial charge < -0.3 is 20.3 Å². The third-order valence-corrected chi connectivity index (χ3v) is 3.78. The summed E-state index contributed by atoms with van der Waals surface area (Å²) in [6.45, 7) is 0. The Morgan fingerprint density at radius 1 is 1.40 bits per heavy atom. The molecule has 0 spiro atoms. The molecule has 5 nitrogen and oxygen atoms in total. The van der Waals surface area contributed by atoms with Crippen LogP contribution in [0.5, 0.6) is 11.5 Å². The van der Waals surface area contributed by atoms with Crippen LogP contribution in [0.15, 0.2) is 12.1 Å². The van der Waals surface area contributed by atoms with Gasteiger partial charge in [-0.15, -0.1) is 0 Å². The van der Waals surface area contributed by atoms with E-state index in [0.717, 1.165) is 25.7 Å². The molecule has 6 heteroatoms. The molecular formula is C14H18ClNO4. The minimum Gasteiger partial charge on any atom is -0.493 e. The molecule has 0 radical (unpaired) electrons. The number of ether oxygens (including phenoxy) is 2. The molecule has 2 atom stereocenters. The number of aromatic carboxylic acids is 1. The van der Waals surface area contributed by atoms with E-state index in [9.17, 15) is 4.79 Å². The molecule has 0 bridgehead atoms. The SMILES string of the molecule is COc1cc(C(=O)O)cc(Cl)c1OC1CCCCC1N. The third kappa shape index (κ3) is 3.16. The van der Waals surface area contributed by atoms with Crippen molar-refractivity contribution >= 4 is 17.6 Å². The molecule has 1 aliphatic rings. The average molecular weight is 300 g/mol. The van der Waals surface area contributed by atoms with Crippen LogP contribution >= 0.6 is 11.6 Å². The Labute approximate surface area is 122 Å². The summed E-state index contributed by atoms with van der Waals surface area (Å²) >= 11 is 6.12. The van der Waals surface area contributed by atoms with Crippen molar-refractivity contribution in [3.8, 4) is 11.5 Å². The Bertz CT molecular complexity index is 506. The van der Waals surface area contributed by atoms with Crippen LogP contribution in [-0.4, -0.2) is 30.3 Å². The summed E-state index contributed by atoms with van der Waals surface area (Å²) in [5.41, 5.74) is 6.11. The van der Waals surface area contributed by atoms with Gasteiger partial charge in [0, 0.05) is 6.04 Å². The van der Waals surface area contributed by atoms with Crippen molar-refractivity contribution in [2.75, 3.05) is 7.11 Å². The van der Waals surface area contributed by atoms with Crippen LogP contribution in [0.2, 0.25) is 5.02 Å². The smallest absolute Gasteiger partial charge is 0.335 e. The first-order chi connectivity index (χ1) is 9.52. The second-order valence-electron chi connectivity index (χ2n) is 4.90. The molecule has 20 heavy (non-hydrogen) atoms. The van der Waals surface area contributed by atoms with Crippen molar-refractivity contribution in [2.45, 2.75) is 37.8 Å². The first-order valence-electron chi connectivity index (χ1n) is 6.56. The van der Waals surface area contributed by atoms with Crippen LogP contribution in [0.25, 0.3) is 0 Å². The number of carboxylic acid groups (broad SMARTS) is 1. The Kier molecular flexibility index (Phi) is 4.73. The lowest BCUT2D eigenvalue weighted by molar-refractivity contribution is 0.0696. The van der Waals surface area contributed by atoms with Gasteiger partial charge in [-0.05, 0) is 31.4 Å². The Hall–Kier alpha value is -1.46. The summed E-state index contributed by atoms with van der Waals surface area (Å²) < 4.78 is 11.1. The number of nitrogens with two attached hydrogens (primary N) is 1. The Morgan fingerprint density at radius 3 is 2.70 bits per heavy atom. The fraction of sp³-hybridized carbons (Fsp3) is 0.500. The zero-order chi connectivity index (χ0) is 14.7. The third-order valence-electron chi connectivity index (χ3n) is 3.50. The van der Waals surface area contributed by atoms with E-state index in [1.165, 1.54) is 19.2 Å². The van der Waals surface area contributed by atoms with Crippen molar-refractivity contribution < 1.29 is 19.4 Å². The number of halogens is 1. The van der Waals surface area contributed by atoms with Crippen LogP contribution in [0, 0.1) is 0 Å². The second-order valence-corrected chi connectivity index (χ2v) is 5.31. The van der Waals surface area contributed by atoms with E-state index in [1.807, 2.05) is 0 Å². The highest BCUT2D eigenvalue weighted by Gasteiger charge is 2.26. The molecule has 1 saturated carbocycles. The van der Waals surface area contributed by atoms with E-state index < -0.39 is 5.97 Å². The van der Waals surface area contributed by atoms with Gasteiger partial charge in [0.05, 0.1) is 17.7 Å². The molecule has 110 valence electrons. The van der Waals surface area contributed by atoms with E-state index in [-0.39, 0.29) is 22.7 Å². The van der Waals surface area contributed by atoms with Crippen LogP contribution in [-0.2, 0) is 0 Å². The second kappa shape index (κ2) is 6.33. The number of hydrogen-bond acceptors (Lipinski definition) is 4. The molecule has 2 rings (SSSR count). The van der Waals surface area contributed by atoms with Crippen LogP contribution in [0.3, 0.4) is 0 Å². The standard InChI is InChI=1S/C14H18ClNO4/c1-19-12-7-8(14(17)18)6-9(15)13(12)20-11-5-3-2-4-10(11)16/h6-7,10-11H,2-5,16H2,1H3,(H,17,18). The fourth-order valence-corrected chi connectivity index (χ4v) is 2.64. The first-order valence-corrected chi connectivity index (χ1v) is 6.93. The summed E-state index contributed by atoms with van der Waals surface area (Å²) in [7, 11) is 1.45. The lowest BCUT2D eigenvalue weighted by atomic mass is 9.93. The van der Waals surface area contributed by atoms with Gasteiger partial charge >= 0.3 is 5.97 Å². The molecule has 0 heterocycles. The summed E-state index contributed by atoms with van der Waals surface area (Å²) in [4.78, 5) is 11.0. The lowest BCUT2D eigenvalue weighted by Gasteiger charge is -2.30. The summed E-state index contributed by atoms with van der Waals surface area (Å²) in [6.07, 6.45) is 3.82. The van der Waals surface area contributed by atoms with Gasteiger partial charge in [-0.3, -0.25) is 0 Å². The van der Waals surface area contributed by atoms with Gasteiger partial charge in [-0.1, -0.05) is 18.0 Å². The number of benzene rings is 1. The zero-order valence-corrected chi connectivity index (χ0v) is 12.0. The summed E-state index contributed by atoms with van der Waals surface area (Å²) in [6, 6.07) is 2.72. The van der Waals surface area contributed by atoms with E-state index in [2.05, 4.69) is 0 Å². The molecule has 0 aliphatic heterocycles. The molecule has 3 N–H and O–H groups in total. The predicted octanol–water partition coefficient (Wildman–Crippen LogP) is 2.70. The molecule has 1 aliphatic carbocycles. The van der Waals surface area contributed by atoms with Crippen molar-refractivity contribution in [1.29, 1.82) is 0 Å². The Morgan fingerprint density at radius 2 is 2.10 bits per heavy atom. The van der Waals surface area contributed by atoms with Crippen LogP contribution < -0.4 is 15.2 Å². The maximum Gasteiger partial charge on any atom is 0.335 e. The topological polar surface area (TPSA) is 81.8 Å². The highest BCUT2D eigenvalue weighted by Crippen LogP contribution is 2.38. The summed E-state index contributed by atoms with van der Waals surface area (Å²) in [5, 5.41) is 9.23. The number of carboxylic acids is 1. The van der Waals surface area contributed by atoms with Gasteiger partial charge in [-0.25, -0.2) is 4.79 Å². The minimum atomic E-state index is -1.06. The molecule has 0 aromatic heterocycles. The molecular weight excluding hydrogens is 282 g/mol. The molecule has 1 aromatic carbocycles. The van der Waals surface area contributed by atoms with Gasteiger partial charge in [0.15, 0.2) is 11.5 Å². The van der Waals surface area contributed by atoms with E-state index in [1.54, 1.807) is 0 Å². The van der Waals surface area contributed by atoms with Crippen molar-refractivity contribution in [2.24, 2.45) is 5.73 Å². The summed E-state index contributed by atoms with van der Waals surface area (Å²) in [5.74, 6) is -0.389. The van der Waals surface area contributed by atoms with Gasteiger partial charge in [-0.2, -0.15) is 0 Å². The molecule has 1 fully saturated rings. The highest BCUT2D eigenvalue weighted by molar-refractivity contribution is 6.32. The maximum atomic E-state index is 11.0. The van der Waals surface area contributed by atoms with Gasteiger partial charge in [0.25, 0.3) is 0 Å². The first kappa shape index (κ1) is 14.9. The van der Waals surface area contributed by atoms with Gasteiger partial charge in [0.2, 0.25) is 0 Å². The zero-order valence-electron chi connectivity index (χ0n) is 11.3. The number of methoxy groups -OCH3 is 1. The number of carbonyl (C=O) groups is 1.